The molecule has 0 radical (unpaired) electrons. The molecule has 6 nitrogen and oxygen atoms in total. The topological polar surface area (TPSA) is 66.0 Å². The smallest absolute Gasteiger partial charge is 0.251 e. The molecule has 0 aliphatic heterocycles. The van der Waals surface area contributed by atoms with Gasteiger partial charge in [-0.3, -0.25) is 4.79 Å². The van der Waals surface area contributed by atoms with Crippen LogP contribution >= 0.6 is 0 Å². The van der Waals surface area contributed by atoms with E-state index < -0.39 is 0 Å². The van der Waals surface area contributed by atoms with E-state index in [1.807, 2.05) is 32.0 Å². The normalized spacial score (nSPS) is 11.6. The molecular formula is C21H27NO5. The first-order valence-corrected chi connectivity index (χ1v) is 8.81. The third kappa shape index (κ3) is 5.14. The quantitative estimate of drug-likeness (QED) is 0.725. The van der Waals surface area contributed by atoms with E-state index in [4.69, 9.17) is 18.9 Å². The van der Waals surface area contributed by atoms with Gasteiger partial charge in [0.05, 0.1) is 34.0 Å². The number of benzene rings is 2. The predicted octanol–water partition coefficient (Wildman–Crippen LogP) is 3.74. The number of carbonyl (C=O) groups is 1. The third-order valence-corrected chi connectivity index (χ3v) is 4.26. The fourth-order valence-electron chi connectivity index (χ4n) is 2.78. The highest BCUT2D eigenvalue weighted by atomic mass is 16.5. The first-order valence-electron chi connectivity index (χ1n) is 8.81. The zero-order valence-electron chi connectivity index (χ0n) is 16.5. The monoisotopic (exact) mass is 373 g/mol. The van der Waals surface area contributed by atoms with Crippen molar-refractivity contribution in [1.82, 2.24) is 5.32 Å². The van der Waals surface area contributed by atoms with Crippen molar-refractivity contribution in [2.24, 2.45) is 0 Å². The van der Waals surface area contributed by atoms with Crippen molar-refractivity contribution in [3.8, 4) is 17.2 Å². The lowest BCUT2D eigenvalue weighted by Gasteiger charge is -2.19. The molecule has 0 unspecified atom stereocenters. The van der Waals surface area contributed by atoms with Crippen molar-refractivity contribution in [2.45, 2.75) is 26.5 Å². The predicted molar refractivity (Wildman–Crippen MR) is 104 cm³/mol. The lowest BCUT2D eigenvalue weighted by molar-refractivity contribution is 0.0938. The van der Waals surface area contributed by atoms with E-state index in [0.717, 1.165) is 11.1 Å². The molecule has 27 heavy (non-hydrogen) atoms. The van der Waals surface area contributed by atoms with Crippen molar-refractivity contribution < 1.29 is 23.7 Å². The number of ether oxygens (including phenoxy) is 4. The second kappa shape index (κ2) is 9.83. The summed E-state index contributed by atoms with van der Waals surface area (Å²) in [4.78, 5) is 12.7. The van der Waals surface area contributed by atoms with E-state index in [1.165, 1.54) is 0 Å². The van der Waals surface area contributed by atoms with Gasteiger partial charge >= 0.3 is 0 Å². The molecule has 0 heterocycles. The number of hydrogen-bond acceptors (Lipinski definition) is 5. The molecule has 0 aliphatic carbocycles. The number of carbonyl (C=O) groups excluding carboxylic acids is 1. The molecule has 0 fully saturated rings. The van der Waals surface area contributed by atoms with E-state index in [-0.39, 0.29) is 11.9 Å². The molecule has 1 amide bonds. The number of rotatable bonds is 9. The van der Waals surface area contributed by atoms with Crippen LogP contribution in [-0.2, 0) is 11.3 Å². The molecule has 146 valence electrons. The molecule has 0 aliphatic rings. The van der Waals surface area contributed by atoms with Gasteiger partial charge in [0, 0.05) is 23.3 Å². The Balaban J connectivity index is 2.21. The lowest BCUT2D eigenvalue weighted by Crippen LogP contribution is -2.27. The summed E-state index contributed by atoms with van der Waals surface area (Å²) < 4.78 is 21.5. The molecule has 0 saturated carbocycles. The summed E-state index contributed by atoms with van der Waals surface area (Å²) in [6, 6.07) is 10.5. The van der Waals surface area contributed by atoms with Crippen molar-refractivity contribution in [1.29, 1.82) is 0 Å². The molecule has 0 spiro atoms. The van der Waals surface area contributed by atoms with Gasteiger partial charge in [0.25, 0.3) is 5.91 Å². The summed E-state index contributed by atoms with van der Waals surface area (Å²) in [5, 5.41) is 3.00. The minimum absolute atomic E-state index is 0.187. The van der Waals surface area contributed by atoms with Crippen molar-refractivity contribution >= 4 is 5.91 Å². The Bertz CT molecular complexity index is 775. The van der Waals surface area contributed by atoms with Crippen molar-refractivity contribution in [3.05, 3.63) is 53.1 Å². The van der Waals surface area contributed by atoms with Crippen LogP contribution in [-0.4, -0.2) is 33.8 Å². The first-order chi connectivity index (χ1) is 13.0. The van der Waals surface area contributed by atoms with Crippen LogP contribution in [0.15, 0.2) is 36.4 Å². The summed E-state index contributed by atoms with van der Waals surface area (Å²) in [5.74, 6) is 1.90. The third-order valence-electron chi connectivity index (χ3n) is 4.26. The van der Waals surface area contributed by atoms with Gasteiger partial charge in [-0.05, 0) is 50.2 Å². The molecule has 6 heteroatoms. The Morgan fingerprint density at radius 1 is 1.00 bits per heavy atom. The lowest BCUT2D eigenvalue weighted by atomic mass is 10.0. The second-order valence-corrected chi connectivity index (χ2v) is 5.97. The second-order valence-electron chi connectivity index (χ2n) is 5.97. The van der Waals surface area contributed by atoms with Crippen LogP contribution in [0.2, 0.25) is 0 Å². The maximum Gasteiger partial charge on any atom is 0.251 e. The maximum atomic E-state index is 12.7. The zero-order valence-corrected chi connectivity index (χ0v) is 16.5. The average Bonchev–Trinajstić information content (AvgIpc) is 2.71. The van der Waals surface area contributed by atoms with Crippen LogP contribution in [0.1, 0.15) is 41.4 Å². The highest BCUT2D eigenvalue weighted by Crippen LogP contribution is 2.29. The van der Waals surface area contributed by atoms with Gasteiger partial charge in [0.1, 0.15) is 17.2 Å². The van der Waals surface area contributed by atoms with Crippen LogP contribution in [0.5, 0.6) is 17.2 Å². The summed E-state index contributed by atoms with van der Waals surface area (Å²) >= 11 is 0. The molecule has 2 rings (SSSR count). The van der Waals surface area contributed by atoms with Crippen LogP contribution in [0.3, 0.4) is 0 Å². The molecule has 2 aromatic carbocycles. The largest absolute Gasteiger partial charge is 0.497 e. The Hall–Kier alpha value is -2.73. The van der Waals surface area contributed by atoms with E-state index in [9.17, 15) is 4.79 Å². The Morgan fingerprint density at radius 2 is 1.70 bits per heavy atom. The fraction of sp³-hybridized carbons (Fsp3) is 0.381. The van der Waals surface area contributed by atoms with Crippen molar-refractivity contribution in [2.75, 3.05) is 27.9 Å². The first kappa shape index (κ1) is 20.6. The SMILES string of the molecule is CCOCc1cc(C(=O)N[C@@H](C)c2cc(OC)ccc2OC)ccc1OC. The summed E-state index contributed by atoms with van der Waals surface area (Å²) in [6.07, 6.45) is 0. The summed E-state index contributed by atoms with van der Waals surface area (Å²) in [6.45, 7) is 4.80. The van der Waals surface area contributed by atoms with Gasteiger partial charge in [-0.15, -0.1) is 0 Å². The fourth-order valence-corrected chi connectivity index (χ4v) is 2.78. The number of amides is 1. The average molecular weight is 373 g/mol. The van der Waals surface area contributed by atoms with Crippen LogP contribution in [0.4, 0.5) is 0 Å². The van der Waals surface area contributed by atoms with Gasteiger partial charge < -0.3 is 24.3 Å². The molecule has 2 aromatic rings. The van der Waals surface area contributed by atoms with E-state index in [2.05, 4.69) is 5.32 Å². The molecule has 1 N–H and O–H groups in total. The van der Waals surface area contributed by atoms with Crippen molar-refractivity contribution in [3.63, 3.8) is 0 Å². The standard InChI is InChI=1S/C21H27NO5/c1-6-27-13-16-11-15(7-9-19(16)25-4)21(23)22-14(2)18-12-17(24-3)8-10-20(18)26-5/h7-12,14H,6,13H2,1-5H3,(H,22,23)/t14-/m0/s1. The molecule has 0 bridgehead atoms. The zero-order chi connectivity index (χ0) is 19.8. The highest BCUT2D eigenvalue weighted by molar-refractivity contribution is 5.94. The highest BCUT2D eigenvalue weighted by Gasteiger charge is 2.17. The van der Waals surface area contributed by atoms with Crippen LogP contribution in [0.25, 0.3) is 0 Å². The van der Waals surface area contributed by atoms with Gasteiger partial charge in [-0.25, -0.2) is 0 Å². The number of hydrogen-bond donors (Lipinski definition) is 1. The summed E-state index contributed by atoms with van der Waals surface area (Å²) in [5.41, 5.74) is 2.21. The van der Waals surface area contributed by atoms with E-state index in [0.29, 0.717) is 36.0 Å². The Kier molecular flexibility index (Phi) is 7.49. The van der Waals surface area contributed by atoms with Gasteiger partial charge in [0.2, 0.25) is 0 Å². The minimum atomic E-state index is -0.264. The van der Waals surface area contributed by atoms with Gasteiger partial charge in [0.15, 0.2) is 0 Å². The molecule has 0 saturated heterocycles. The number of methoxy groups -OCH3 is 3. The van der Waals surface area contributed by atoms with Gasteiger partial charge in [-0.2, -0.15) is 0 Å². The van der Waals surface area contributed by atoms with Crippen LogP contribution in [0, 0.1) is 0 Å². The number of nitrogens with one attached hydrogen (secondary N) is 1. The molecular weight excluding hydrogens is 346 g/mol. The Morgan fingerprint density at radius 3 is 2.33 bits per heavy atom. The van der Waals surface area contributed by atoms with E-state index in [1.54, 1.807) is 39.5 Å². The minimum Gasteiger partial charge on any atom is -0.497 e. The summed E-state index contributed by atoms with van der Waals surface area (Å²) in [7, 11) is 4.80. The maximum absolute atomic E-state index is 12.7. The van der Waals surface area contributed by atoms with Crippen LogP contribution < -0.4 is 19.5 Å². The Labute approximate surface area is 160 Å². The van der Waals surface area contributed by atoms with Gasteiger partial charge in [-0.1, -0.05) is 0 Å². The van der Waals surface area contributed by atoms with E-state index >= 15 is 0 Å². The molecule has 0 aromatic heterocycles. The molecule has 1 atom stereocenters.